The number of fused-ring (bicyclic) bond motifs is 1. The van der Waals surface area contributed by atoms with E-state index in [4.69, 9.17) is 4.98 Å². The second-order valence-corrected chi connectivity index (χ2v) is 6.38. The number of unbranched alkanes of at least 4 members (excludes halogenated alkanes) is 1. The first-order valence-electron chi connectivity index (χ1n) is 8.56. The van der Waals surface area contributed by atoms with Gasteiger partial charge in [-0.25, -0.2) is 4.98 Å². The monoisotopic (exact) mass is 310 g/mol. The van der Waals surface area contributed by atoms with Gasteiger partial charge in [-0.1, -0.05) is 37.6 Å². The molecule has 1 aliphatic rings. The Labute approximate surface area is 139 Å². The van der Waals surface area contributed by atoms with Crippen LogP contribution in [0.1, 0.15) is 36.6 Å². The molecule has 2 aromatic rings. The van der Waals surface area contributed by atoms with Gasteiger partial charge in [0.25, 0.3) is 0 Å². The zero-order chi connectivity index (χ0) is 16.2. The van der Waals surface area contributed by atoms with Crippen molar-refractivity contribution in [3.05, 3.63) is 47.2 Å². The zero-order valence-corrected chi connectivity index (χ0v) is 14.4. The second kappa shape index (κ2) is 6.99. The van der Waals surface area contributed by atoms with Crippen molar-refractivity contribution in [1.29, 1.82) is 0 Å². The number of rotatable bonds is 5. The van der Waals surface area contributed by atoms with E-state index in [2.05, 4.69) is 66.0 Å². The number of aromatic nitrogens is 2. The van der Waals surface area contributed by atoms with Gasteiger partial charge in [-0.3, -0.25) is 0 Å². The number of anilines is 2. The Balaban J connectivity index is 1.82. The molecule has 0 radical (unpaired) electrons. The first-order valence-corrected chi connectivity index (χ1v) is 8.56. The molecule has 2 heterocycles. The average Bonchev–Trinajstić information content (AvgIpc) is 2.58. The summed E-state index contributed by atoms with van der Waals surface area (Å²) in [5.41, 5.74) is 3.91. The van der Waals surface area contributed by atoms with Crippen LogP contribution in [-0.2, 0) is 13.0 Å². The van der Waals surface area contributed by atoms with E-state index in [1.165, 1.54) is 24.0 Å². The molecule has 0 bridgehead atoms. The standard InChI is InChI=1S/C19H26N4/c1-4-5-11-22(3)19-20-15(2)13-18(21-19)23-12-10-16-8-6-7-9-17(16)14-23/h6-9,13H,4-5,10-12,14H2,1-3H3. The predicted molar refractivity (Wildman–Crippen MR) is 96.1 cm³/mol. The van der Waals surface area contributed by atoms with Crippen LogP contribution in [0.4, 0.5) is 11.8 Å². The normalized spacial score (nSPS) is 13.8. The van der Waals surface area contributed by atoms with E-state index < -0.39 is 0 Å². The van der Waals surface area contributed by atoms with Crippen molar-refractivity contribution in [3.8, 4) is 0 Å². The van der Waals surface area contributed by atoms with E-state index in [1.54, 1.807) is 0 Å². The minimum Gasteiger partial charge on any atom is -0.352 e. The van der Waals surface area contributed by atoms with E-state index in [-0.39, 0.29) is 0 Å². The molecule has 0 unspecified atom stereocenters. The number of hydrogen-bond acceptors (Lipinski definition) is 4. The van der Waals surface area contributed by atoms with Crippen LogP contribution in [0.3, 0.4) is 0 Å². The Kier molecular flexibility index (Phi) is 4.79. The van der Waals surface area contributed by atoms with Crippen LogP contribution in [0.15, 0.2) is 30.3 Å². The van der Waals surface area contributed by atoms with Crippen molar-refractivity contribution in [2.24, 2.45) is 0 Å². The quantitative estimate of drug-likeness (QED) is 0.845. The highest BCUT2D eigenvalue weighted by Crippen LogP contribution is 2.24. The van der Waals surface area contributed by atoms with Crippen LogP contribution in [0.2, 0.25) is 0 Å². The summed E-state index contributed by atoms with van der Waals surface area (Å²) in [5, 5.41) is 0. The fourth-order valence-corrected chi connectivity index (χ4v) is 3.06. The Morgan fingerprint density at radius 1 is 1.17 bits per heavy atom. The molecule has 4 heteroatoms. The van der Waals surface area contributed by atoms with Gasteiger partial charge in [0.05, 0.1) is 0 Å². The smallest absolute Gasteiger partial charge is 0.227 e. The molecule has 0 atom stereocenters. The fraction of sp³-hybridized carbons (Fsp3) is 0.474. The highest BCUT2D eigenvalue weighted by atomic mass is 15.3. The number of benzene rings is 1. The first kappa shape index (κ1) is 15.8. The van der Waals surface area contributed by atoms with Gasteiger partial charge >= 0.3 is 0 Å². The van der Waals surface area contributed by atoms with Crippen molar-refractivity contribution >= 4 is 11.8 Å². The third-order valence-electron chi connectivity index (χ3n) is 4.47. The highest BCUT2D eigenvalue weighted by Gasteiger charge is 2.18. The molecule has 4 nitrogen and oxygen atoms in total. The Hall–Kier alpha value is -2.10. The maximum atomic E-state index is 4.82. The maximum absolute atomic E-state index is 4.82. The summed E-state index contributed by atoms with van der Waals surface area (Å²) in [5.74, 6) is 1.89. The predicted octanol–water partition coefficient (Wildman–Crippen LogP) is 3.58. The van der Waals surface area contributed by atoms with Gasteiger partial charge in [-0.2, -0.15) is 4.98 Å². The van der Waals surface area contributed by atoms with Gasteiger partial charge in [0.2, 0.25) is 5.95 Å². The zero-order valence-electron chi connectivity index (χ0n) is 14.4. The molecule has 0 spiro atoms. The average molecular weight is 310 g/mol. The topological polar surface area (TPSA) is 32.3 Å². The number of nitrogens with zero attached hydrogens (tertiary/aromatic N) is 4. The van der Waals surface area contributed by atoms with Crippen LogP contribution in [-0.4, -0.2) is 30.1 Å². The van der Waals surface area contributed by atoms with Crippen molar-refractivity contribution in [2.45, 2.75) is 39.7 Å². The molecule has 23 heavy (non-hydrogen) atoms. The van der Waals surface area contributed by atoms with E-state index in [9.17, 15) is 0 Å². The summed E-state index contributed by atoms with van der Waals surface area (Å²) in [6.45, 7) is 7.22. The molecule has 0 fully saturated rings. The van der Waals surface area contributed by atoms with Gasteiger partial charge < -0.3 is 9.80 Å². The summed E-state index contributed by atoms with van der Waals surface area (Å²) in [6.07, 6.45) is 3.44. The summed E-state index contributed by atoms with van der Waals surface area (Å²) in [6, 6.07) is 10.8. The van der Waals surface area contributed by atoms with E-state index in [0.29, 0.717) is 0 Å². The minimum atomic E-state index is 0.840. The van der Waals surface area contributed by atoms with E-state index >= 15 is 0 Å². The lowest BCUT2D eigenvalue weighted by Crippen LogP contribution is -2.32. The third kappa shape index (κ3) is 3.63. The molecule has 0 amide bonds. The van der Waals surface area contributed by atoms with Crippen molar-refractivity contribution in [1.82, 2.24) is 9.97 Å². The van der Waals surface area contributed by atoms with Crippen LogP contribution in [0.25, 0.3) is 0 Å². The molecule has 1 aromatic heterocycles. The summed E-state index contributed by atoms with van der Waals surface area (Å²) in [4.78, 5) is 14.0. The molecule has 0 saturated carbocycles. The molecule has 1 aromatic carbocycles. The van der Waals surface area contributed by atoms with Crippen LogP contribution < -0.4 is 9.80 Å². The van der Waals surface area contributed by atoms with Gasteiger partial charge in [0, 0.05) is 38.4 Å². The van der Waals surface area contributed by atoms with Crippen LogP contribution in [0, 0.1) is 6.92 Å². The molecular weight excluding hydrogens is 284 g/mol. The lowest BCUT2D eigenvalue weighted by Gasteiger charge is -2.30. The number of aryl methyl sites for hydroxylation is 1. The molecule has 0 saturated heterocycles. The van der Waals surface area contributed by atoms with Crippen LogP contribution in [0.5, 0.6) is 0 Å². The molecular formula is C19H26N4. The summed E-state index contributed by atoms with van der Waals surface area (Å²) >= 11 is 0. The van der Waals surface area contributed by atoms with Crippen LogP contribution >= 0.6 is 0 Å². The van der Waals surface area contributed by atoms with Crippen molar-refractivity contribution in [3.63, 3.8) is 0 Å². The van der Waals surface area contributed by atoms with Gasteiger partial charge in [-0.05, 0) is 30.9 Å². The Morgan fingerprint density at radius 2 is 1.96 bits per heavy atom. The van der Waals surface area contributed by atoms with Gasteiger partial charge in [0.15, 0.2) is 0 Å². The van der Waals surface area contributed by atoms with Crippen molar-refractivity contribution < 1.29 is 0 Å². The van der Waals surface area contributed by atoms with Gasteiger partial charge in [-0.15, -0.1) is 0 Å². The van der Waals surface area contributed by atoms with Crippen molar-refractivity contribution in [2.75, 3.05) is 29.9 Å². The SMILES string of the molecule is CCCCN(C)c1nc(C)cc(N2CCc3ccccc3C2)n1. The number of hydrogen-bond donors (Lipinski definition) is 0. The Morgan fingerprint density at radius 3 is 2.74 bits per heavy atom. The summed E-state index contributed by atoms with van der Waals surface area (Å²) in [7, 11) is 2.08. The molecule has 3 rings (SSSR count). The lowest BCUT2D eigenvalue weighted by molar-refractivity contribution is 0.710. The largest absolute Gasteiger partial charge is 0.352 e. The molecule has 1 aliphatic heterocycles. The highest BCUT2D eigenvalue weighted by molar-refractivity contribution is 5.48. The van der Waals surface area contributed by atoms with E-state index in [0.717, 1.165) is 43.5 Å². The molecule has 0 aliphatic carbocycles. The second-order valence-electron chi connectivity index (χ2n) is 6.38. The van der Waals surface area contributed by atoms with E-state index in [1.807, 2.05) is 0 Å². The molecule has 122 valence electrons. The summed E-state index contributed by atoms with van der Waals surface area (Å²) < 4.78 is 0. The molecule has 0 N–H and O–H groups in total. The third-order valence-corrected chi connectivity index (χ3v) is 4.47. The lowest BCUT2D eigenvalue weighted by atomic mass is 10.00. The first-order chi connectivity index (χ1) is 11.2. The van der Waals surface area contributed by atoms with Gasteiger partial charge in [0.1, 0.15) is 5.82 Å². The fourth-order valence-electron chi connectivity index (χ4n) is 3.06. The maximum Gasteiger partial charge on any atom is 0.227 e. The minimum absolute atomic E-state index is 0.840. The Bertz CT molecular complexity index is 668.